The van der Waals surface area contributed by atoms with Crippen LogP contribution in [0.3, 0.4) is 0 Å². The Morgan fingerprint density at radius 3 is 1.64 bits per heavy atom. The highest BCUT2D eigenvalue weighted by Crippen LogP contribution is 2.36. The van der Waals surface area contributed by atoms with Gasteiger partial charge in [0.15, 0.2) is 12.5 Å². The Kier molecular flexibility index (Phi) is 9.12. The van der Waals surface area contributed by atoms with Gasteiger partial charge in [-0.2, -0.15) is 0 Å². The molecule has 6 nitrogen and oxygen atoms in total. The van der Waals surface area contributed by atoms with Gasteiger partial charge in [-0.3, -0.25) is 0 Å². The predicted octanol–water partition coefficient (Wildman–Crippen LogP) is 7.63. The first-order chi connectivity index (χ1) is 18.8. The molecule has 4 rings (SSSR count). The number of hydrogen-bond acceptors (Lipinski definition) is 6. The van der Waals surface area contributed by atoms with Crippen molar-refractivity contribution in [3.8, 4) is 34.1 Å². The van der Waals surface area contributed by atoms with Gasteiger partial charge < -0.3 is 23.8 Å². The topological polar surface area (TPSA) is 55.4 Å². The first-order valence-corrected chi connectivity index (χ1v) is 12.8. The molecule has 0 unspecified atom stereocenters. The van der Waals surface area contributed by atoms with Crippen molar-refractivity contribution in [3.63, 3.8) is 0 Å². The van der Waals surface area contributed by atoms with Crippen LogP contribution < -0.4 is 19.1 Å². The Hall–Kier alpha value is -4.00. The minimum atomic E-state index is -0.175. The lowest BCUT2D eigenvalue weighted by Gasteiger charge is -2.27. The monoisotopic (exact) mass is 528 g/mol. The van der Waals surface area contributed by atoms with Gasteiger partial charge >= 0.3 is 0 Å². The molecule has 4 aromatic rings. The van der Waals surface area contributed by atoms with Crippen LogP contribution in [0.2, 0.25) is 0 Å². The minimum Gasteiger partial charge on any atom is -0.496 e. The smallest absolute Gasteiger partial charge is 0.232 e. The van der Waals surface area contributed by atoms with Gasteiger partial charge in [0.1, 0.15) is 17.2 Å². The van der Waals surface area contributed by atoms with Gasteiger partial charge in [-0.15, -0.1) is 4.89 Å². The van der Waals surface area contributed by atoms with Crippen LogP contribution in [-0.2, 0) is 15.0 Å². The molecule has 0 aliphatic carbocycles. The fraction of sp³-hybridized carbons (Fsp3) is 0.273. The molecule has 0 spiro atoms. The van der Waals surface area contributed by atoms with Crippen molar-refractivity contribution >= 4 is 0 Å². The standard InChI is InChI=1S/C33H36O6/c1-23-19-27(11-17-31(23)35-6)33(3,4)28-12-18-32(24(2)20-28)37-22-38-39-30-15-9-26(10-16-30)25-7-13-29(14-8-25)36-21-34-5/h7-20H,21-22H2,1-6H3. The van der Waals surface area contributed by atoms with E-state index < -0.39 is 0 Å². The number of rotatable bonds is 12. The Labute approximate surface area is 230 Å². The molecule has 0 aliphatic rings. The second-order valence-electron chi connectivity index (χ2n) is 9.85. The third-order valence-corrected chi connectivity index (χ3v) is 6.82. The SMILES string of the molecule is COCOc1ccc(-c2ccc(OOCOc3ccc(C(C)(C)c4ccc(OC)c(C)c4)cc3C)cc2)cc1. The Morgan fingerprint density at radius 1 is 0.590 bits per heavy atom. The fourth-order valence-electron chi connectivity index (χ4n) is 4.39. The molecule has 0 saturated carbocycles. The van der Waals surface area contributed by atoms with Crippen LogP contribution >= 0.6 is 0 Å². The summed E-state index contributed by atoms with van der Waals surface area (Å²) in [7, 11) is 3.29. The highest BCUT2D eigenvalue weighted by molar-refractivity contribution is 5.64. The molecule has 4 aromatic carbocycles. The van der Waals surface area contributed by atoms with Crippen molar-refractivity contribution in [2.75, 3.05) is 27.8 Å². The van der Waals surface area contributed by atoms with Crippen molar-refractivity contribution in [2.24, 2.45) is 0 Å². The zero-order valence-corrected chi connectivity index (χ0v) is 23.4. The molecule has 0 aliphatic heterocycles. The molecular formula is C33H36O6. The maximum Gasteiger partial charge on any atom is 0.232 e. The molecule has 0 fully saturated rings. The molecule has 0 saturated heterocycles. The summed E-state index contributed by atoms with van der Waals surface area (Å²) in [4.78, 5) is 10.7. The molecular weight excluding hydrogens is 492 g/mol. The van der Waals surface area contributed by atoms with Crippen molar-refractivity contribution in [1.29, 1.82) is 0 Å². The van der Waals surface area contributed by atoms with Gasteiger partial charge in [0.2, 0.25) is 6.79 Å². The minimum absolute atomic E-state index is 0.0358. The van der Waals surface area contributed by atoms with E-state index in [4.69, 9.17) is 28.7 Å². The summed E-state index contributed by atoms with van der Waals surface area (Å²) in [6.45, 7) is 8.73. The number of hydrogen-bond donors (Lipinski definition) is 0. The average Bonchev–Trinajstić information content (AvgIpc) is 2.95. The van der Waals surface area contributed by atoms with E-state index in [0.717, 1.165) is 39.5 Å². The van der Waals surface area contributed by atoms with Gasteiger partial charge in [-0.05, 0) is 83.6 Å². The van der Waals surface area contributed by atoms with Crippen LogP contribution in [0.15, 0.2) is 84.9 Å². The fourth-order valence-corrected chi connectivity index (χ4v) is 4.39. The quantitative estimate of drug-likeness (QED) is 0.0815. The lowest BCUT2D eigenvalue weighted by molar-refractivity contribution is -0.246. The summed E-state index contributed by atoms with van der Waals surface area (Å²) in [5.74, 6) is 2.99. The van der Waals surface area contributed by atoms with Crippen molar-refractivity contribution in [1.82, 2.24) is 0 Å². The molecule has 0 aromatic heterocycles. The number of aryl methyl sites for hydroxylation is 2. The summed E-state index contributed by atoms with van der Waals surface area (Å²) in [6.07, 6.45) is 0. The van der Waals surface area contributed by atoms with Crippen LogP contribution in [0.25, 0.3) is 11.1 Å². The molecule has 0 atom stereocenters. The highest BCUT2D eigenvalue weighted by atomic mass is 17.2. The summed E-state index contributed by atoms with van der Waals surface area (Å²) >= 11 is 0. The summed E-state index contributed by atoms with van der Waals surface area (Å²) in [5.41, 5.74) is 6.52. The molecule has 0 N–H and O–H groups in total. The number of benzene rings is 4. The van der Waals surface area contributed by atoms with Crippen LogP contribution in [0.4, 0.5) is 0 Å². The maximum absolute atomic E-state index is 5.83. The normalized spacial score (nSPS) is 11.2. The molecule has 204 valence electrons. The van der Waals surface area contributed by atoms with Crippen molar-refractivity contribution in [2.45, 2.75) is 33.1 Å². The van der Waals surface area contributed by atoms with Gasteiger partial charge in [-0.1, -0.05) is 62.4 Å². The second kappa shape index (κ2) is 12.7. The highest BCUT2D eigenvalue weighted by Gasteiger charge is 2.24. The van der Waals surface area contributed by atoms with Gasteiger partial charge in [-0.25, -0.2) is 0 Å². The molecule has 39 heavy (non-hydrogen) atoms. The molecule has 0 radical (unpaired) electrons. The lowest BCUT2D eigenvalue weighted by atomic mass is 9.77. The van der Waals surface area contributed by atoms with Crippen LogP contribution in [0.1, 0.15) is 36.1 Å². The van der Waals surface area contributed by atoms with E-state index >= 15 is 0 Å². The summed E-state index contributed by atoms with van der Waals surface area (Å²) in [5, 5.41) is 0. The summed E-state index contributed by atoms with van der Waals surface area (Å²) < 4.78 is 21.6. The Bertz CT molecular complexity index is 1360. The maximum atomic E-state index is 5.83. The molecule has 0 amide bonds. The van der Waals surface area contributed by atoms with E-state index in [-0.39, 0.29) is 19.0 Å². The van der Waals surface area contributed by atoms with Gasteiger partial charge in [0.25, 0.3) is 0 Å². The Balaban J connectivity index is 1.30. The van der Waals surface area contributed by atoms with E-state index in [2.05, 4.69) is 45.0 Å². The van der Waals surface area contributed by atoms with Crippen LogP contribution in [-0.4, -0.2) is 27.8 Å². The van der Waals surface area contributed by atoms with Crippen molar-refractivity contribution < 1.29 is 28.7 Å². The van der Waals surface area contributed by atoms with Crippen LogP contribution in [0.5, 0.6) is 23.0 Å². The first-order valence-electron chi connectivity index (χ1n) is 12.8. The van der Waals surface area contributed by atoms with E-state index in [0.29, 0.717) is 5.75 Å². The third-order valence-electron chi connectivity index (χ3n) is 6.82. The van der Waals surface area contributed by atoms with Gasteiger partial charge in [0.05, 0.1) is 7.11 Å². The van der Waals surface area contributed by atoms with E-state index in [1.54, 1.807) is 14.2 Å². The first kappa shape index (κ1) is 28.0. The number of methoxy groups -OCH3 is 2. The van der Waals surface area contributed by atoms with E-state index in [9.17, 15) is 0 Å². The van der Waals surface area contributed by atoms with E-state index in [1.165, 1.54) is 11.1 Å². The predicted molar refractivity (Wildman–Crippen MR) is 153 cm³/mol. The van der Waals surface area contributed by atoms with E-state index in [1.807, 2.05) is 67.6 Å². The molecule has 0 heterocycles. The van der Waals surface area contributed by atoms with Gasteiger partial charge in [0, 0.05) is 12.5 Å². The van der Waals surface area contributed by atoms with Crippen LogP contribution in [0, 0.1) is 13.8 Å². The zero-order chi connectivity index (χ0) is 27.8. The summed E-state index contributed by atoms with van der Waals surface area (Å²) in [6, 6.07) is 28.0. The largest absolute Gasteiger partial charge is 0.496 e. The zero-order valence-electron chi connectivity index (χ0n) is 23.4. The van der Waals surface area contributed by atoms with Crippen molar-refractivity contribution in [3.05, 3.63) is 107 Å². The molecule has 6 heteroatoms. The second-order valence-corrected chi connectivity index (χ2v) is 9.85. The lowest BCUT2D eigenvalue weighted by Crippen LogP contribution is -2.19. The molecule has 0 bridgehead atoms. The Morgan fingerprint density at radius 2 is 1.13 bits per heavy atom. The third kappa shape index (κ3) is 6.91. The number of ether oxygens (including phenoxy) is 4. The average molecular weight is 529 g/mol.